The lowest BCUT2D eigenvalue weighted by Gasteiger charge is -2.16. The first-order valence-corrected chi connectivity index (χ1v) is 8.76. The van der Waals surface area contributed by atoms with Crippen LogP contribution in [0.2, 0.25) is 0 Å². The number of rotatable bonds is 9. The highest BCUT2D eigenvalue weighted by atomic mass is 32.1. The van der Waals surface area contributed by atoms with Gasteiger partial charge in [-0.2, -0.15) is 0 Å². The van der Waals surface area contributed by atoms with Gasteiger partial charge in [-0.1, -0.05) is 12.1 Å². The number of nitrogens with zero attached hydrogens (tertiary/aromatic N) is 2. The second-order valence-corrected chi connectivity index (χ2v) is 6.64. The molecule has 0 bridgehead atoms. The van der Waals surface area contributed by atoms with E-state index in [1.165, 1.54) is 4.90 Å². The number of fused-ring (bicyclic) bond motifs is 1. The van der Waals surface area contributed by atoms with Crippen LogP contribution in [-0.2, 0) is 20.7 Å². The minimum atomic E-state index is -0.151. The number of nitrogens with one attached hydrogen (secondary N) is 1. The number of hydrogen-bond acceptors (Lipinski definition) is 5. The summed E-state index contributed by atoms with van der Waals surface area (Å²) in [5, 5.41) is 3.72. The third-order valence-corrected chi connectivity index (χ3v) is 4.64. The van der Waals surface area contributed by atoms with E-state index in [1.807, 2.05) is 24.3 Å². The monoisotopic (exact) mass is 349 g/mol. The molecule has 0 aliphatic carbocycles. The lowest BCUT2D eigenvalue weighted by atomic mass is 10.3. The van der Waals surface area contributed by atoms with Gasteiger partial charge in [0.25, 0.3) is 0 Å². The summed E-state index contributed by atoms with van der Waals surface area (Å²) in [6.45, 7) is 1.24. The van der Waals surface area contributed by atoms with Crippen molar-refractivity contribution in [2.75, 3.05) is 33.9 Å². The van der Waals surface area contributed by atoms with Crippen LogP contribution in [0.1, 0.15) is 17.8 Å². The molecule has 7 heteroatoms. The molecule has 0 saturated heterocycles. The second kappa shape index (κ2) is 9.34. The van der Waals surface area contributed by atoms with Crippen LogP contribution in [0.15, 0.2) is 24.3 Å². The van der Waals surface area contributed by atoms with Crippen LogP contribution in [0.3, 0.4) is 0 Å². The fourth-order valence-corrected chi connectivity index (χ4v) is 3.20. The molecule has 24 heavy (non-hydrogen) atoms. The molecule has 2 amide bonds. The molecule has 0 fully saturated rings. The minimum Gasteiger partial charge on any atom is -0.385 e. The average Bonchev–Trinajstić information content (AvgIpc) is 2.99. The summed E-state index contributed by atoms with van der Waals surface area (Å²) in [4.78, 5) is 29.9. The summed E-state index contributed by atoms with van der Waals surface area (Å²) in [7, 11) is 3.27. The maximum atomic E-state index is 12.1. The molecule has 0 unspecified atom stereocenters. The van der Waals surface area contributed by atoms with Gasteiger partial charge in [0.1, 0.15) is 0 Å². The number of para-hydroxylation sites is 1. The third kappa shape index (κ3) is 5.58. The predicted molar refractivity (Wildman–Crippen MR) is 95.1 cm³/mol. The van der Waals surface area contributed by atoms with E-state index in [0.29, 0.717) is 26.0 Å². The van der Waals surface area contributed by atoms with Crippen LogP contribution in [0.5, 0.6) is 0 Å². The molecule has 130 valence electrons. The number of thiazole rings is 1. The Labute approximate surface area is 145 Å². The Bertz CT molecular complexity index is 654. The predicted octanol–water partition coefficient (Wildman–Crippen LogP) is 1.84. The van der Waals surface area contributed by atoms with Gasteiger partial charge in [-0.25, -0.2) is 4.98 Å². The fourth-order valence-electron chi connectivity index (χ4n) is 2.24. The van der Waals surface area contributed by atoms with E-state index in [4.69, 9.17) is 4.74 Å². The molecule has 6 nitrogen and oxygen atoms in total. The lowest BCUT2D eigenvalue weighted by molar-refractivity contribution is -0.134. The second-order valence-electron chi connectivity index (χ2n) is 5.52. The summed E-state index contributed by atoms with van der Waals surface area (Å²) >= 11 is 1.61. The zero-order valence-electron chi connectivity index (χ0n) is 14.1. The largest absolute Gasteiger partial charge is 0.385 e. The minimum absolute atomic E-state index is 0.0544. The molecule has 1 N–H and O–H groups in total. The van der Waals surface area contributed by atoms with E-state index in [2.05, 4.69) is 10.3 Å². The van der Waals surface area contributed by atoms with Crippen LogP contribution in [0, 0.1) is 0 Å². The molecule has 0 atom stereocenters. The van der Waals surface area contributed by atoms with Crippen molar-refractivity contribution in [2.24, 2.45) is 0 Å². The van der Waals surface area contributed by atoms with Gasteiger partial charge in [-0.05, 0) is 18.6 Å². The van der Waals surface area contributed by atoms with Crippen molar-refractivity contribution < 1.29 is 14.3 Å². The first kappa shape index (κ1) is 18.4. The van der Waals surface area contributed by atoms with Gasteiger partial charge in [0.15, 0.2) is 0 Å². The SMILES string of the molecule is COCCCNC(=O)CN(C)C(=O)CCc1nc2ccccc2s1. The highest BCUT2D eigenvalue weighted by Gasteiger charge is 2.14. The molecule has 1 aromatic heterocycles. The third-order valence-electron chi connectivity index (χ3n) is 3.54. The fraction of sp³-hybridized carbons (Fsp3) is 0.471. The van der Waals surface area contributed by atoms with Crippen LogP contribution >= 0.6 is 11.3 Å². The molecule has 2 rings (SSSR count). The highest BCUT2D eigenvalue weighted by molar-refractivity contribution is 7.18. The van der Waals surface area contributed by atoms with Crippen LogP contribution in [0.25, 0.3) is 10.2 Å². The van der Waals surface area contributed by atoms with Crippen LogP contribution < -0.4 is 5.32 Å². The summed E-state index contributed by atoms with van der Waals surface area (Å²) < 4.78 is 6.05. The molecule has 0 spiro atoms. The Morgan fingerprint density at radius 1 is 1.33 bits per heavy atom. The molecule has 1 heterocycles. The number of aryl methyl sites for hydroxylation is 1. The Hall–Kier alpha value is -1.99. The molecule has 0 aliphatic rings. The molecule has 0 saturated carbocycles. The maximum absolute atomic E-state index is 12.1. The van der Waals surface area contributed by atoms with Gasteiger partial charge in [0, 0.05) is 40.2 Å². The van der Waals surface area contributed by atoms with Gasteiger partial charge in [-0.15, -0.1) is 11.3 Å². The van der Waals surface area contributed by atoms with Crippen molar-refractivity contribution >= 4 is 33.4 Å². The van der Waals surface area contributed by atoms with Crippen LogP contribution in [0.4, 0.5) is 0 Å². The zero-order valence-corrected chi connectivity index (χ0v) is 14.9. The summed E-state index contributed by atoms with van der Waals surface area (Å²) in [6.07, 6.45) is 1.71. The van der Waals surface area contributed by atoms with E-state index in [1.54, 1.807) is 25.5 Å². The number of methoxy groups -OCH3 is 1. The number of amides is 2. The van der Waals surface area contributed by atoms with Crippen LogP contribution in [-0.4, -0.2) is 55.6 Å². The normalized spacial score (nSPS) is 10.8. The van der Waals surface area contributed by atoms with E-state index in [-0.39, 0.29) is 18.4 Å². The molecular formula is C17H23N3O3S. The van der Waals surface area contributed by atoms with Gasteiger partial charge >= 0.3 is 0 Å². The van der Waals surface area contributed by atoms with E-state index >= 15 is 0 Å². The summed E-state index contributed by atoms with van der Waals surface area (Å²) in [5.41, 5.74) is 0.966. The molecule has 0 radical (unpaired) electrons. The van der Waals surface area contributed by atoms with Crippen molar-refractivity contribution in [2.45, 2.75) is 19.3 Å². The summed E-state index contributed by atoms with van der Waals surface area (Å²) in [5.74, 6) is -0.205. The van der Waals surface area contributed by atoms with E-state index in [0.717, 1.165) is 21.6 Å². The summed E-state index contributed by atoms with van der Waals surface area (Å²) in [6, 6.07) is 7.93. The molecule has 2 aromatic rings. The number of likely N-dealkylation sites (N-methyl/N-ethyl adjacent to an activating group) is 1. The standard InChI is InChI=1S/C17H23N3O3S/c1-20(12-15(21)18-10-5-11-23-2)17(22)9-8-16-19-13-6-3-4-7-14(13)24-16/h3-4,6-7H,5,8-12H2,1-2H3,(H,18,21). The van der Waals surface area contributed by atoms with Crippen molar-refractivity contribution in [3.05, 3.63) is 29.3 Å². The number of aromatic nitrogens is 1. The maximum Gasteiger partial charge on any atom is 0.239 e. The Morgan fingerprint density at radius 3 is 2.88 bits per heavy atom. The van der Waals surface area contributed by atoms with Crippen molar-refractivity contribution in [1.82, 2.24) is 15.2 Å². The van der Waals surface area contributed by atoms with Crippen molar-refractivity contribution in [3.63, 3.8) is 0 Å². The Balaban J connectivity index is 1.74. The van der Waals surface area contributed by atoms with Crippen molar-refractivity contribution in [3.8, 4) is 0 Å². The molecule has 0 aliphatic heterocycles. The smallest absolute Gasteiger partial charge is 0.239 e. The zero-order chi connectivity index (χ0) is 17.4. The number of benzene rings is 1. The highest BCUT2D eigenvalue weighted by Crippen LogP contribution is 2.22. The lowest BCUT2D eigenvalue weighted by Crippen LogP contribution is -2.38. The number of hydrogen-bond donors (Lipinski definition) is 1. The first-order chi connectivity index (χ1) is 11.6. The van der Waals surface area contributed by atoms with Gasteiger partial charge in [-0.3, -0.25) is 9.59 Å². The number of carbonyl (C=O) groups is 2. The number of ether oxygens (including phenoxy) is 1. The molecular weight excluding hydrogens is 326 g/mol. The quantitative estimate of drug-likeness (QED) is 0.701. The first-order valence-electron chi connectivity index (χ1n) is 7.94. The average molecular weight is 349 g/mol. The van der Waals surface area contributed by atoms with Gasteiger partial charge in [0.2, 0.25) is 11.8 Å². The Kier molecular flexibility index (Phi) is 7.14. The number of carbonyl (C=O) groups excluding carboxylic acids is 2. The molecule has 1 aromatic carbocycles. The van der Waals surface area contributed by atoms with Gasteiger partial charge < -0.3 is 15.0 Å². The van der Waals surface area contributed by atoms with E-state index < -0.39 is 0 Å². The topological polar surface area (TPSA) is 71.5 Å². The van der Waals surface area contributed by atoms with Crippen molar-refractivity contribution in [1.29, 1.82) is 0 Å². The Morgan fingerprint density at radius 2 is 2.12 bits per heavy atom. The van der Waals surface area contributed by atoms with E-state index in [9.17, 15) is 9.59 Å². The van der Waals surface area contributed by atoms with Gasteiger partial charge in [0.05, 0.1) is 21.8 Å².